The van der Waals surface area contributed by atoms with E-state index in [0.717, 1.165) is 36.8 Å². The summed E-state index contributed by atoms with van der Waals surface area (Å²) in [4.78, 5) is 12.4. The monoisotopic (exact) mass is 340 g/mol. The van der Waals surface area contributed by atoms with Crippen molar-refractivity contribution in [3.8, 4) is 22.8 Å². The van der Waals surface area contributed by atoms with Gasteiger partial charge in [-0.25, -0.2) is 0 Å². The molecule has 4 heteroatoms. The van der Waals surface area contributed by atoms with Crippen LogP contribution in [0, 0.1) is 0 Å². The van der Waals surface area contributed by atoms with E-state index >= 15 is 0 Å². The van der Waals surface area contributed by atoms with Gasteiger partial charge in [-0.2, -0.15) is 0 Å². The predicted octanol–water partition coefficient (Wildman–Crippen LogP) is 5.26. The van der Waals surface area contributed by atoms with Crippen LogP contribution in [0.15, 0.2) is 45.6 Å². The van der Waals surface area contributed by atoms with Crippen molar-refractivity contribution in [2.24, 2.45) is 0 Å². The van der Waals surface area contributed by atoms with Crippen LogP contribution in [0.5, 0.6) is 11.5 Å². The van der Waals surface area contributed by atoms with Crippen LogP contribution in [0.3, 0.4) is 0 Å². The largest absolute Gasteiger partial charge is 0.493 e. The van der Waals surface area contributed by atoms with E-state index in [-0.39, 0.29) is 5.43 Å². The zero-order valence-corrected chi connectivity index (χ0v) is 14.8. The average molecular weight is 340 g/mol. The molecule has 0 saturated carbocycles. The quantitative estimate of drug-likeness (QED) is 0.415. The predicted molar refractivity (Wildman–Crippen MR) is 99.9 cm³/mol. The highest BCUT2D eigenvalue weighted by molar-refractivity contribution is 5.84. The highest BCUT2D eigenvalue weighted by Gasteiger charge is 2.13. The first kappa shape index (κ1) is 17.3. The van der Waals surface area contributed by atoms with Gasteiger partial charge in [0.15, 0.2) is 5.43 Å². The van der Waals surface area contributed by atoms with Crippen molar-refractivity contribution >= 4 is 11.0 Å². The van der Waals surface area contributed by atoms with Gasteiger partial charge in [0, 0.05) is 23.6 Å². The fourth-order valence-corrected chi connectivity index (χ4v) is 2.64. The van der Waals surface area contributed by atoms with Crippen LogP contribution in [-0.2, 0) is 0 Å². The Balaban J connectivity index is 1.94. The summed E-state index contributed by atoms with van der Waals surface area (Å²) in [7, 11) is 0. The molecule has 1 aliphatic heterocycles. The minimum atomic E-state index is -0.0853. The zero-order chi connectivity index (χ0) is 17.6. The van der Waals surface area contributed by atoms with Crippen LogP contribution in [0.2, 0.25) is 0 Å². The van der Waals surface area contributed by atoms with E-state index in [0.29, 0.717) is 35.9 Å². The molecule has 0 unspecified atom stereocenters. The molecule has 0 bridgehead atoms. The Kier molecular flexibility index (Phi) is 5.59. The van der Waals surface area contributed by atoms with Crippen molar-refractivity contribution in [2.45, 2.75) is 39.5 Å². The second-order valence-corrected chi connectivity index (χ2v) is 6.18. The molecule has 1 aromatic rings. The molecule has 0 N–H and O–H groups in total. The van der Waals surface area contributed by atoms with E-state index in [4.69, 9.17) is 13.9 Å². The van der Waals surface area contributed by atoms with Gasteiger partial charge in [0.05, 0.1) is 18.8 Å². The molecule has 132 valence electrons. The zero-order valence-electron chi connectivity index (χ0n) is 14.8. The van der Waals surface area contributed by atoms with E-state index in [1.807, 2.05) is 24.3 Å². The van der Waals surface area contributed by atoms with E-state index in [1.165, 1.54) is 6.07 Å². The molecule has 1 aliphatic carbocycles. The summed E-state index contributed by atoms with van der Waals surface area (Å²) >= 11 is 0. The number of hydrogen-bond donors (Lipinski definition) is 0. The highest BCUT2D eigenvalue weighted by Crippen LogP contribution is 2.30. The summed E-state index contributed by atoms with van der Waals surface area (Å²) in [6.45, 7) is 5.52. The number of fused-ring (bicyclic) bond motifs is 2. The standard InChI is InChI=1S/C21H24O4/c1-3-5-9-23-16-8-7-15-11-18-19(22)12-17(24-10-6-4-2)14-21(18)25-20(15)13-16/h7-8,11-14H,3-6,9-10H2,1-2H3. The van der Waals surface area contributed by atoms with Crippen molar-refractivity contribution < 1.29 is 13.9 Å². The van der Waals surface area contributed by atoms with Crippen LogP contribution in [0.25, 0.3) is 22.3 Å². The maximum atomic E-state index is 12.4. The van der Waals surface area contributed by atoms with E-state index < -0.39 is 0 Å². The SMILES string of the molecule is CCCCOc1cc2oc3cc(OCCCC)ccc3cc-2c(=O)c1. The summed E-state index contributed by atoms with van der Waals surface area (Å²) in [5, 5.41) is 0.882. The first-order valence-electron chi connectivity index (χ1n) is 8.98. The Hall–Kier alpha value is -2.49. The minimum Gasteiger partial charge on any atom is -0.493 e. The first-order valence-corrected chi connectivity index (χ1v) is 8.98. The van der Waals surface area contributed by atoms with Crippen LogP contribution in [0.4, 0.5) is 0 Å². The van der Waals surface area contributed by atoms with E-state index in [1.54, 1.807) is 6.07 Å². The van der Waals surface area contributed by atoms with Crippen molar-refractivity contribution in [2.75, 3.05) is 13.2 Å². The van der Waals surface area contributed by atoms with Crippen LogP contribution < -0.4 is 14.9 Å². The van der Waals surface area contributed by atoms with E-state index in [2.05, 4.69) is 13.8 Å². The summed E-state index contributed by atoms with van der Waals surface area (Å²) in [5.41, 5.74) is 1.18. The molecule has 2 aliphatic rings. The number of unbranched alkanes of at least 4 members (excludes halogenated alkanes) is 2. The van der Waals surface area contributed by atoms with Gasteiger partial charge in [0.25, 0.3) is 0 Å². The van der Waals surface area contributed by atoms with Crippen LogP contribution in [-0.4, -0.2) is 13.2 Å². The molecule has 1 heterocycles. The lowest BCUT2D eigenvalue weighted by atomic mass is 10.1. The van der Waals surface area contributed by atoms with Crippen LogP contribution >= 0.6 is 0 Å². The molecular weight excluding hydrogens is 316 g/mol. The van der Waals surface area contributed by atoms with Crippen molar-refractivity contribution in [1.82, 2.24) is 0 Å². The van der Waals surface area contributed by atoms with E-state index in [9.17, 15) is 4.79 Å². The molecular formula is C21H24O4. The van der Waals surface area contributed by atoms with Crippen molar-refractivity contribution in [1.29, 1.82) is 0 Å². The molecule has 0 aromatic heterocycles. The molecule has 0 spiro atoms. The smallest absolute Gasteiger partial charge is 0.193 e. The lowest BCUT2D eigenvalue weighted by molar-refractivity contribution is 0.308. The number of rotatable bonds is 8. The summed E-state index contributed by atoms with van der Waals surface area (Å²) in [6.07, 6.45) is 4.12. The maximum Gasteiger partial charge on any atom is 0.193 e. The summed E-state index contributed by atoms with van der Waals surface area (Å²) < 4.78 is 17.3. The lowest BCUT2D eigenvalue weighted by Crippen LogP contribution is -2.07. The topological polar surface area (TPSA) is 48.7 Å². The third-order valence-corrected chi connectivity index (χ3v) is 4.12. The van der Waals surface area contributed by atoms with Gasteiger partial charge in [0.1, 0.15) is 22.8 Å². The van der Waals surface area contributed by atoms with Gasteiger partial charge in [-0.1, -0.05) is 26.7 Å². The van der Waals surface area contributed by atoms with Gasteiger partial charge >= 0.3 is 0 Å². The Morgan fingerprint density at radius 2 is 1.60 bits per heavy atom. The van der Waals surface area contributed by atoms with Gasteiger partial charge in [-0.15, -0.1) is 0 Å². The summed E-state index contributed by atoms with van der Waals surface area (Å²) in [5.74, 6) is 1.88. The molecule has 0 fully saturated rings. The molecule has 3 rings (SSSR count). The van der Waals surface area contributed by atoms with Gasteiger partial charge in [-0.05, 0) is 31.0 Å². The molecule has 1 aromatic carbocycles. The fraction of sp³-hybridized carbons (Fsp3) is 0.381. The Morgan fingerprint density at radius 3 is 2.32 bits per heavy atom. The van der Waals surface area contributed by atoms with Crippen molar-refractivity contribution in [3.63, 3.8) is 0 Å². The molecule has 0 radical (unpaired) electrons. The Labute approximate surface area is 147 Å². The Morgan fingerprint density at radius 1 is 0.880 bits per heavy atom. The molecule has 25 heavy (non-hydrogen) atoms. The van der Waals surface area contributed by atoms with Crippen molar-refractivity contribution in [3.05, 3.63) is 46.6 Å². The third kappa shape index (κ3) is 4.13. The number of benzene rings is 2. The Bertz CT molecular complexity index is 866. The first-order chi connectivity index (χ1) is 12.2. The van der Waals surface area contributed by atoms with Crippen LogP contribution in [0.1, 0.15) is 39.5 Å². The fourth-order valence-electron chi connectivity index (χ4n) is 2.64. The second kappa shape index (κ2) is 8.06. The molecule has 0 atom stereocenters. The minimum absolute atomic E-state index is 0.0853. The molecule has 0 amide bonds. The highest BCUT2D eigenvalue weighted by atomic mass is 16.5. The molecule has 0 saturated heterocycles. The van der Waals surface area contributed by atoms with Gasteiger partial charge < -0.3 is 13.9 Å². The second-order valence-electron chi connectivity index (χ2n) is 6.18. The summed E-state index contributed by atoms with van der Waals surface area (Å²) in [6, 6.07) is 10.9. The van der Waals surface area contributed by atoms with Gasteiger partial charge in [0.2, 0.25) is 0 Å². The molecule has 4 nitrogen and oxygen atoms in total. The normalized spacial score (nSPS) is 11.1. The third-order valence-electron chi connectivity index (χ3n) is 4.12. The van der Waals surface area contributed by atoms with Gasteiger partial charge in [-0.3, -0.25) is 4.79 Å². The lowest BCUT2D eigenvalue weighted by Gasteiger charge is -2.11. The number of ether oxygens (including phenoxy) is 2. The maximum absolute atomic E-state index is 12.4. The number of hydrogen-bond acceptors (Lipinski definition) is 4. The average Bonchev–Trinajstić information content (AvgIpc) is 2.61.